The van der Waals surface area contributed by atoms with Crippen LogP contribution in [0.5, 0.6) is 0 Å². The average Bonchev–Trinajstić information content (AvgIpc) is 2.39. The van der Waals surface area contributed by atoms with E-state index in [1.165, 1.54) is 6.08 Å². The fourth-order valence-electron chi connectivity index (χ4n) is 1.01. The van der Waals surface area contributed by atoms with E-state index < -0.39 is 5.97 Å². The first-order valence-electron chi connectivity index (χ1n) is 5.37. The largest absolute Gasteiger partial charge is 0.498 e. The van der Waals surface area contributed by atoms with Crippen LogP contribution in [0, 0.1) is 12.3 Å². The SMILES string of the molecule is C#CCOC(=O)/C=C/C/C=C\C(OC)=C(/C)OC. The van der Waals surface area contributed by atoms with Crippen molar-refractivity contribution < 1.29 is 19.0 Å². The van der Waals surface area contributed by atoms with Crippen LogP contribution in [-0.2, 0) is 19.0 Å². The summed E-state index contributed by atoms with van der Waals surface area (Å²) in [6.07, 6.45) is 12.1. The average molecular weight is 250 g/mol. The first kappa shape index (κ1) is 15.9. The molecule has 0 aliphatic heterocycles. The van der Waals surface area contributed by atoms with Gasteiger partial charge in [0.25, 0.3) is 0 Å². The summed E-state index contributed by atoms with van der Waals surface area (Å²) >= 11 is 0. The highest BCUT2D eigenvalue weighted by Crippen LogP contribution is 2.07. The molecule has 0 saturated heterocycles. The lowest BCUT2D eigenvalue weighted by Crippen LogP contribution is -1.99. The molecule has 18 heavy (non-hydrogen) atoms. The summed E-state index contributed by atoms with van der Waals surface area (Å²) in [4.78, 5) is 11.0. The van der Waals surface area contributed by atoms with E-state index in [0.29, 0.717) is 17.9 Å². The number of rotatable bonds is 7. The second-order valence-electron chi connectivity index (χ2n) is 3.18. The number of carbonyl (C=O) groups is 1. The van der Waals surface area contributed by atoms with Crippen molar-refractivity contribution >= 4 is 5.97 Å². The van der Waals surface area contributed by atoms with Crippen LogP contribution < -0.4 is 0 Å². The van der Waals surface area contributed by atoms with Gasteiger partial charge in [0, 0.05) is 6.08 Å². The van der Waals surface area contributed by atoms with Gasteiger partial charge in [0.2, 0.25) is 0 Å². The number of hydrogen-bond donors (Lipinski definition) is 0. The minimum absolute atomic E-state index is 0.0113. The van der Waals surface area contributed by atoms with Gasteiger partial charge in [0.15, 0.2) is 12.4 Å². The third kappa shape index (κ3) is 7.18. The molecule has 0 aromatic carbocycles. The van der Waals surface area contributed by atoms with E-state index in [1.807, 2.05) is 6.08 Å². The van der Waals surface area contributed by atoms with Crippen LogP contribution in [-0.4, -0.2) is 26.8 Å². The zero-order chi connectivity index (χ0) is 13.8. The van der Waals surface area contributed by atoms with Gasteiger partial charge in [0.05, 0.1) is 14.2 Å². The van der Waals surface area contributed by atoms with Crippen LogP contribution >= 0.6 is 0 Å². The van der Waals surface area contributed by atoms with Crippen molar-refractivity contribution in [2.24, 2.45) is 0 Å². The second kappa shape index (κ2) is 10.0. The lowest BCUT2D eigenvalue weighted by atomic mass is 10.3. The second-order valence-corrected chi connectivity index (χ2v) is 3.18. The van der Waals surface area contributed by atoms with Gasteiger partial charge in [-0.2, -0.15) is 0 Å². The van der Waals surface area contributed by atoms with Gasteiger partial charge in [-0.1, -0.05) is 18.1 Å². The first-order chi connectivity index (χ1) is 8.65. The van der Waals surface area contributed by atoms with Crippen molar-refractivity contribution in [2.75, 3.05) is 20.8 Å². The number of allylic oxidation sites excluding steroid dienone is 4. The smallest absolute Gasteiger partial charge is 0.331 e. The fraction of sp³-hybridized carbons (Fsp3) is 0.357. The third-order valence-electron chi connectivity index (χ3n) is 1.97. The number of esters is 1. The van der Waals surface area contributed by atoms with Crippen molar-refractivity contribution in [1.82, 2.24) is 0 Å². The van der Waals surface area contributed by atoms with Crippen LogP contribution in [0.25, 0.3) is 0 Å². The molecular weight excluding hydrogens is 232 g/mol. The van der Waals surface area contributed by atoms with E-state index in [4.69, 9.17) is 15.9 Å². The Morgan fingerprint density at radius 2 is 1.89 bits per heavy atom. The van der Waals surface area contributed by atoms with Gasteiger partial charge in [-0.15, -0.1) is 6.42 Å². The Balaban J connectivity index is 4.15. The normalized spacial score (nSPS) is 12.1. The summed E-state index contributed by atoms with van der Waals surface area (Å²) in [6.45, 7) is 1.79. The quantitative estimate of drug-likeness (QED) is 0.228. The molecule has 4 heteroatoms. The lowest BCUT2D eigenvalue weighted by Gasteiger charge is -2.04. The Morgan fingerprint density at radius 1 is 1.22 bits per heavy atom. The summed E-state index contributed by atoms with van der Waals surface area (Å²) in [5.74, 6) is 3.09. The van der Waals surface area contributed by atoms with Crippen LogP contribution in [0.4, 0.5) is 0 Å². The number of methoxy groups -OCH3 is 2. The van der Waals surface area contributed by atoms with Crippen molar-refractivity contribution in [3.8, 4) is 12.3 Å². The summed E-state index contributed by atoms with van der Waals surface area (Å²) in [5.41, 5.74) is 0. The highest BCUT2D eigenvalue weighted by Gasteiger charge is 1.96. The molecule has 0 unspecified atom stereocenters. The summed E-state index contributed by atoms with van der Waals surface area (Å²) in [5, 5.41) is 0. The number of hydrogen-bond acceptors (Lipinski definition) is 4. The molecule has 0 saturated carbocycles. The van der Waals surface area contributed by atoms with E-state index in [9.17, 15) is 4.79 Å². The molecule has 0 aliphatic rings. The molecule has 0 aliphatic carbocycles. The van der Waals surface area contributed by atoms with E-state index in [0.717, 1.165) is 0 Å². The predicted molar refractivity (Wildman–Crippen MR) is 69.4 cm³/mol. The van der Waals surface area contributed by atoms with E-state index in [-0.39, 0.29) is 6.61 Å². The van der Waals surface area contributed by atoms with Crippen LogP contribution in [0.3, 0.4) is 0 Å². The highest BCUT2D eigenvalue weighted by molar-refractivity contribution is 5.82. The standard InChI is InChI=1S/C14H18O4/c1-5-11-18-14(15)10-8-6-7-9-13(17-4)12(2)16-3/h1,7-10H,6,11H2,2-4H3/b9-7-,10-8+,13-12-. The van der Waals surface area contributed by atoms with Crippen molar-refractivity contribution in [3.05, 3.63) is 35.8 Å². The van der Waals surface area contributed by atoms with Gasteiger partial charge in [-0.3, -0.25) is 0 Å². The van der Waals surface area contributed by atoms with Gasteiger partial charge in [-0.05, 0) is 19.4 Å². The molecule has 0 aromatic heterocycles. The van der Waals surface area contributed by atoms with Crippen molar-refractivity contribution in [1.29, 1.82) is 0 Å². The Morgan fingerprint density at radius 3 is 2.44 bits per heavy atom. The number of carbonyl (C=O) groups excluding carboxylic acids is 1. The molecule has 98 valence electrons. The Bertz CT molecular complexity index is 383. The summed E-state index contributed by atoms with van der Waals surface area (Å²) in [7, 11) is 3.14. The topological polar surface area (TPSA) is 44.8 Å². The number of ether oxygens (including phenoxy) is 3. The molecule has 0 aromatic rings. The molecule has 0 bridgehead atoms. The molecule has 0 spiro atoms. The van der Waals surface area contributed by atoms with Gasteiger partial charge < -0.3 is 14.2 Å². The van der Waals surface area contributed by atoms with Crippen molar-refractivity contribution in [3.63, 3.8) is 0 Å². The molecule has 0 N–H and O–H groups in total. The molecule has 4 nitrogen and oxygen atoms in total. The summed E-state index contributed by atoms with van der Waals surface area (Å²) < 4.78 is 14.8. The molecule has 0 amide bonds. The minimum atomic E-state index is -0.447. The van der Waals surface area contributed by atoms with Gasteiger partial charge in [-0.25, -0.2) is 4.79 Å². The maximum atomic E-state index is 11.0. The maximum absolute atomic E-state index is 11.0. The van der Waals surface area contributed by atoms with Crippen LogP contribution in [0.1, 0.15) is 13.3 Å². The zero-order valence-electron chi connectivity index (χ0n) is 10.9. The fourth-order valence-corrected chi connectivity index (χ4v) is 1.01. The van der Waals surface area contributed by atoms with Gasteiger partial charge >= 0.3 is 5.97 Å². The molecular formula is C14H18O4. The zero-order valence-corrected chi connectivity index (χ0v) is 10.9. The predicted octanol–water partition coefficient (Wildman–Crippen LogP) is 2.19. The number of terminal acetylenes is 1. The molecule has 0 heterocycles. The monoisotopic (exact) mass is 250 g/mol. The molecule has 0 atom stereocenters. The van der Waals surface area contributed by atoms with Crippen LogP contribution in [0.2, 0.25) is 0 Å². The third-order valence-corrected chi connectivity index (χ3v) is 1.97. The van der Waals surface area contributed by atoms with Crippen LogP contribution in [0.15, 0.2) is 35.8 Å². The minimum Gasteiger partial charge on any atom is -0.498 e. The van der Waals surface area contributed by atoms with E-state index >= 15 is 0 Å². The van der Waals surface area contributed by atoms with E-state index in [2.05, 4.69) is 10.7 Å². The molecule has 0 rings (SSSR count). The Labute approximate surface area is 108 Å². The lowest BCUT2D eigenvalue weighted by molar-refractivity contribution is -0.136. The Hall–Kier alpha value is -2.15. The van der Waals surface area contributed by atoms with E-state index in [1.54, 1.807) is 33.3 Å². The van der Waals surface area contributed by atoms with Gasteiger partial charge in [0.1, 0.15) is 5.76 Å². The maximum Gasteiger partial charge on any atom is 0.331 e. The molecule has 0 fully saturated rings. The summed E-state index contributed by atoms with van der Waals surface area (Å²) in [6, 6.07) is 0. The van der Waals surface area contributed by atoms with Crippen molar-refractivity contribution in [2.45, 2.75) is 13.3 Å². The highest BCUT2D eigenvalue weighted by atomic mass is 16.5. The Kier molecular flexibility index (Phi) is 8.83. The first-order valence-corrected chi connectivity index (χ1v) is 5.37. The molecule has 0 radical (unpaired) electrons.